The molecule has 1 atom stereocenters. The van der Waals surface area contributed by atoms with E-state index in [4.69, 9.17) is 0 Å². The van der Waals surface area contributed by atoms with Crippen molar-refractivity contribution in [1.29, 1.82) is 0 Å². The molecule has 0 saturated carbocycles. The fraction of sp³-hybridized carbons (Fsp3) is 0.158. The molecule has 1 aliphatic rings. The summed E-state index contributed by atoms with van der Waals surface area (Å²) in [6.45, 7) is 2.27. The Labute approximate surface area is 115 Å². The molecule has 0 radical (unpaired) electrons. The zero-order valence-electron chi connectivity index (χ0n) is 11.2. The molecule has 0 aliphatic heterocycles. The van der Waals surface area contributed by atoms with E-state index in [0.29, 0.717) is 5.92 Å². The van der Waals surface area contributed by atoms with Gasteiger partial charge in [0.2, 0.25) is 0 Å². The van der Waals surface area contributed by atoms with E-state index in [0.717, 1.165) is 6.42 Å². The van der Waals surface area contributed by atoms with Crippen LogP contribution in [0.2, 0.25) is 0 Å². The molecule has 0 nitrogen and oxygen atoms in total. The van der Waals surface area contributed by atoms with E-state index in [9.17, 15) is 0 Å². The van der Waals surface area contributed by atoms with Gasteiger partial charge in [-0.3, -0.25) is 0 Å². The SMILES string of the molecule is CC(C=Cc1ccccc1)C1=CCc2ccccc21. The van der Waals surface area contributed by atoms with E-state index >= 15 is 0 Å². The topological polar surface area (TPSA) is 0 Å². The highest BCUT2D eigenvalue weighted by Gasteiger charge is 2.16. The summed E-state index contributed by atoms with van der Waals surface area (Å²) in [6.07, 6.45) is 7.95. The summed E-state index contributed by atoms with van der Waals surface area (Å²) in [6, 6.07) is 19.2. The van der Waals surface area contributed by atoms with Crippen molar-refractivity contribution < 1.29 is 0 Å². The maximum absolute atomic E-state index is 2.37. The number of rotatable bonds is 3. The molecule has 1 aliphatic carbocycles. The van der Waals surface area contributed by atoms with Gasteiger partial charge in [-0.2, -0.15) is 0 Å². The lowest BCUT2D eigenvalue weighted by molar-refractivity contribution is 0.973. The maximum Gasteiger partial charge on any atom is -0.000412 e. The van der Waals surface area contributed by atoms with Gasteiger partial charge in [-0.05, 0) is 34.6 Å². The number of allylic oxidation sites excluding steroid dienone is 3. The van der Waals surface area contributed by atoms with Crippen LogP contribution in [0.3, 0.4) is 0 Å². The van der Waals surface area contributed by atoms with Crippen LogP contribution in [-0.4, -0.2) is 0 Å². The summed E-state index contributed by atoms with van der Waals surface area (Å²) in [5.41, 5.74) is 5.61. The van der Waals surface area contributed by atoms with Gasteiger partial charge in [-0.1, -0.05) is 79.7 Å². The first-order valence-electron chi connectivity index (χ1n) is 6.86. The molecule has 0 heterocycles. The fourth-order valence-corrected chi connectivity index (χ4v) is 2.66. The van der Waals surface area contributed by atoms with Crippen LogP contribution in [0.25, 0.3) is 11.6 Å². The van der Waals surface area contributed by atoms with Crippen molar-refractivity contribution >= 4 is 11.6 Å². The zero-order chi connectivity index (χ0) is 13.1. The minimum atomic E-state index is 0.462. The Hall–Kier alpha value is -2.08. The molecule has 0 heteroatoms. The summed E-state index contributed by atoms with van der Waals surface area (Å²) < 4.78 is 0. The average Bonchev–Trinajstić information content (AvgIpc) is 2.90. The molecular formula is C19H18. The second kappa shape index (κ2) is 5.27. The predicted molar refractivity (Wildman–Crippen MR) is 82.8 cm³/mol. The van der Waals surface area contributed by atoms with Crippen LogP contribution in [0.1, 0.15) is 23.6 Å². The van der Waals surface area contributed by atoms with E-state index in [1.54, 1.807) is 0 Å². The van der Waals surface area contributed by atoms with Crippen molar-refractivity contribution in [1.82, 2.24) is 0 Å². The summed E-state index contributed by atoms with van der Waals surface area (Å²) >= 11 is 0. The minimum Gasteiger partial charge on any atom is -0.0767 e. The lowest BCUT2D eigenvalue weighted by Gasteiger charge is -2.10. The summed E-state index contributed by atoms with van der Waals surface area (Å²) in [7, 11) is 0. The van der Waals surface area contributed by atoms with E-state index in [2.05, 4.69) is 79.7 Å². The molecule has 0 N–H and O–H groups in total. The first-order valence-corrected chi connectivity index (χ1v) is 6.86. The zero-order valence-corrected chi connectivity index (χ0v) is 11.2. The molecule has 94 valence electrons. The highest BCUT2D eigenvalue weighted by Crippen LogP contribution is 2.33. The molecule has 2 aromatic carbocycles. The Morgan fingerprint density at radius 2 is 1.68 bits per heavy atom. The Morgan fingerprint density at radius 1 is 0.947 bits per heavy atom. The Balaban J connectivity index is 1.79. The number of fused-ring (bicyclic) bond motifs is 1. The minimum absolute atomic E-state index is 0.462. The molecule has 0 spiro atoms. The van der Waals surface area contributed by atoms with Gasteiger partial charge in [-0.15, -0.1) is 0 Å². The summed E-state index contributed by atoms with van der Waals surface area (Å²) in [5.74, 6) is 0.462. The lowest BCUT2D eigenvalue weighted by atomic mass is 9.94. The molecule has 0 saturated heterocycles. The molecule has 0 fully saturated rings. The third kappa shape index (κ3) is 2.53. The normalized spacial score (nSPS) is 15.3. The van der Waals surface area contributed by atoms with Crippen LogP contribution in [0.15, 0.2) is 66.7 Å². The van der Waals surface area contributed by atoms with Crippen molar-refractivity contribution in [2.75, 3.05) is 0 Å². The molecule has 0 bridgehead atoms. The number of hydrogen-bond acceptors (Lipinski definition) is 0. The third-order valence-electron chi connectivity index (χ3n) is 3.74. The van der Waals surface area contributed by atoms with Crippen molar-refractivity contribution in [3.8, 4) is 0 Å². The maximum atomic E-state index is 2.37. The molecule has 1 unspecified atom stereocenters. The molecule has 19 heavy (non-hydrogen) atoms. The van der Waals surface area contributed by atoms with Crippen molar-refractivity contribution in [2.45, 2.75) is 13.3 Å². The average molecular weight is 246 g/mol. The predicted octanol–water partition coefficient (Wildman–Crippen LogP) is 4.98. The van der Waals surface area contributed by atoms with Gasteiger partial charge in [-0.25, -0.2) is 0 Å². The van der Waals surface area contributed by atoms with E-state index in [-0.39, 0.29) is 0 Å². The summed E-state index contributed by atoms with van der Waals surface area (Å²) in [4.78, 5) is 0. The molecular weight excluding hydrogens is 228 g/mol. The Kier molecular flexibility index (Phi) is 3.33. The van der Waals surface area contributed by atoms with Crippen LogP contribution < -0.4 is 0 Å². The largest absolute Gasteiger partial charge is 0.0767 e. The van der Waals surface area contributed by atoms with E-state index in [1.807, 2.05) is 0 Å². The van der Waals surface area contributed by atoms with Gasteiger partial charge in [0.1, 0.15) is 0 Å². The molecule has 2 aromatic rings. The smallest absolute Gasteiger partial charge is 0.000412 e. The molecule has 0 aromatic heterocycles. The number of benzene rings is 2. The van der Waals surface area contributed by atoms with E-state index < -0.39 is 0 Å². The van der Waals surface area contributed by atoms with Crippen molar-refractivity contribution in [2.24, 2.45) is 5.92 Å². The monoisotopic (exact) mass is 246 g/mol. The van der Waals surface area contributed by atoms with Gasteiger partial charge >= 0.3 is 0 Å². The van der Waals surface area contributed by atoms with Crippen LogP contribution in [0, 0.1) is 5.92 Å². The Bertz CT molecular complexity index is 617. The molecule has 3 rings (SSSR count). The second-order valence-electron chi connectivity index (χ2n) is 5.08. The number of hydrogen-bond donors (Lipinski definition) is 0. The van der Waals surface area contributed by atoms with Gasteiger partial charge in [0.15, 0.2) is 0 Å². The Morgan fingerprint density at radius 3 is 2.53 bits per heavy atom. The van der Waals surface area contributed by atoms with Gasteiger partial charge < -0.3 is 0 Å². The first-order chi connectivity index (χ1) is 9.34. The van der Waals surface area contributed by atoms with E-state index in [1.165, 1.54) is 22.3 Å². The van der Waals surface area contributed by atoms with Gasteiger partial charge in [0.25, 0.3) is 0 Å². The van der Waals surface area contributed by atoms with Crippen LogP contribution in [-0.2, 0) is 6.42 Å². The van der Waals surface area contributed by atoms with Crippen molar-refractivity contribution in [3.05, 3.63) is 83.4 Å². The second-order valence-corrected chi connectivity index (χ2v) is 5.08. The fourth-order valence-electron chi connectivity index (χ4n) is 2.66. The molecule has 0 amide bonds. The highest BCUT2D eigenvalue weighted by atomic mass is 14.2. The van der Waals surface area contributed by atoms with Crippen LogP contribution >= 0.6 is 0 Å². The van der Waals surface area contributed by atoms with Crippen LogP contribution in [0.4, 0.5) is 0 Å². The first kappa shape index (κ1) is 12.0. The van der Waals surface area contributed by atoms with Gasteiger partial charge in [0.05, 0.1) is 0 Å². The standard InChI is InChI=1S/C19H18/c1-15(11-12-16-7-3-2-4-8-16)18-14-13-17-9-5-6-10-19(17)18/h2-12,14-15H,13H2,1H3. The van der Waals surface area contributed by atoms with Gasteiger partial charge in [0, 0.05) is 0 Å². The summed E-state index contributed by atoms with van der Waals surface area (Å²) in [5, 5.41) is 0. The van der Waals surface area contributed by atoms with Crippen molar-refractivity contribution in [3.63, 3.8) is 0 Å². The highest BCUT2D eigenvalue weighted by molar-refractivity contribution is 5.76. The lowest BCUT2D eigenvalue weighted by Crippen LogP contribution is -1.93. The quantitative estimate of drug-likeness (QED) is 0.716. The van der Waals surface area contributed by atoms with Crippen LogP contribution in [0.5, 0.6) is 0 Å². The third-order valence-corrected chi connectivity index (χ3v) is 3.74.